The van der Waals surface area contributed by atoms with Crippen molar-refractivity contribution < 1.29 is 23.4 Å². The number of benzene rings is 1. The van der Waals surface area contributed by atoms with E-state index in [2.05, 4.69) is 15.3 Å². The molecule has 0 saturated carbocycles. The van der Waals surface area contributed by atoms with Crippen molar-refractivity contribution in [2.24, 2.45) is 0 Å². The lowest BCUT2D eigenvalue weighted by molar-refractivity contribution is -0.385. The summed E-state index contributed by atoms with van der Waals surface area (Å²) in [6.07, 6.45) is 1.22. The van der Waals surface area contributed by atoms with Gasteiger partial charge in [0.25, 0.3) is 0 Å². The van der Waals surface area contributed by atoms with Gasteiger partial charge in [-0.3, -0.25) is 10.1 Å². The maximum atomic E-state index is 11.4. The lowest BCUT2D eigenvalue weighted by atomic mass is 10.2. The lowest BCUT2D eigenvalue weighted by Crippen LogP contribution is -2.02. The minimum atomic E-state index is -0.501. The van der Waals surface area contributed by atoms with E-state index in [1.807, 2.05) is 6.07 Å². The fourth-order valence-corrected chi connectivity index (χ4v) is 2.46. The molecule has 2 aromatic heterocycles. The minimum Gasteiger partial charge on any atom is -0.487 e. The second-order valence-electron chi connectivity index (χ2n) is 5.75. The Kier molecular flexibility index (Phi) is 5.77. The molecule has 0 bridgehead atoms. The Morgan fingerprint density at radius 3 is 2.78 bits per heavy atom. The van der Waals surface area contributed by atoms with Gasteiger partial charge >= 0.3 is 5.69 Å². The summed E-state index contributed by atoms with van der Waals surface area (Å²) in [7, 11) is 1.58. The highest BCUT2D eigenvalue weighted by atomic mass is 16.6. The van der Waals surface area contributed by atoms with Crippen LogP contribution < -0.4 is 4.74 Å². The molecule has 0 aliphatic carbocycles. The van der Waals surface area contributed by atoms with E-state index in [1.54, 1.807) is 20.1 Å². The van der Waals surface area contributed by atoms with Crippen LogP contribution in [-0.2, 0) is 17.8 Å². The highest BCUT2D eigenvalue weighted by Crippen LogP contribution is 2.31. The second kappa shape index (κ2) is 8.41. The molecule has 3 aromatic rings. The van der Waals surface area contributed by atoms with Gasteiger partial charge in [-0.25, -0.2) is 0 Å². The molecule has 0 atom stereocenters. The van der Waals surface area contributed by atoms with Gasteiger partial charge in [0.1, 0.15) is 11.5 Å². The zero-order valence-corrected chi connectivity index (χ0v) is 14.9. The van der Waals surface area contributed by atoms with Crippen LogP contribution in [0, 0.1) is 17.0 Å². The first-order valence-corrected chi connectivity index (χ1v) is 8.22. The molecule has 3 rings (SSSR count). The monoisotopic (exact) mass is 374 g/mol. The molecule has 0 radical (unpaired) electrons. The highest BCUT2D eigenvalue weighted by molar-refractivity contribution is 5.63. The molecule has 1 aromatic carbocycles. The van der Waals surface area contributed by atoms with Gasteiger partial charge < -0.3 is 18.5 Å². The molecular formula is C17H18N4O6. The molecule has 0 aliphatic rings. The van der Waals surface area contributed by atoms with Crippen LogP contribution in [0.15, 0.2) is 33.3 Å². The van der Waals surface area contributed by atoms with Crippen molar-refractivity contribution in [1.29, 1.82) is 0 Å². The third-order valence-electron chi connectivity index (χ3n) is 3.67. The highest BCUT2D eigenvalue weighted by Gasteiger charge is 2.18. The van der Waals surface area contributed by atoms with Crippen molar-refractivity contribution >= 4 is 5.69 Å². The van der Waals surface area contributed by atoms with Gasteiger partial charge in [0.2, 0.25) is 11.7 Å². The second-order valence-corrected chi connectivity index (χ2v) is 5.75. The fourth-order valence-electron chi connectivity index (χ4n) is 2.46. The van der Waals surface area contributed by atoms with Crippen molar-refractivity contribution in [2.75, 3.05) is 13.7 Å². The largest absolute Gasteiger partial charge is 0.487 e. The Hall–Kier alpha value is -3.27. The molecule has 2 heterocycles. The van der Waals surface area contributed by atoms with Gasteiger partial charge in [-0.05, 0) is 18.6 Å². The summed E-state index contributed by atoms with van der Waals surface area (Å²) in [5, 5.41) is 19.0. The first-order valence-electron chi connectivity index (χ1n) is 8.22. The zero-order chi connectivity index (χ0) is 19.2. The van der Waals surface area contributed by atoms with Gasteiger partial charge in [-0.15, -0.1) is 0 Å². The van der Waals surface area contributed by atoms with Crippen LogP contribution in [0.4, 0.5) is 5.69 Å². The predicted octanol–water partition coefficient (Wildman–Crippen LogP) is 3.10. The van der Waals surface area contributed by atoms with E-state index in [-0.39, 0.29) is 11.4 Å². The van der Waals surface area contributed by atoms with Crippen molar-refractivity contribution in [3.63, 3.8) is 0 Å². The maximum absolute atomic E-state index is 11.4. The molecule has 0 N–H and O–H groups in total. The van der Waals surface area contributed by atoms with Crippen molar-refractivity contribution in [1.82, 2.24) is 15.3 Å². The summed E-state index contributed by atoms with van der Waals surface area (Å²) in [6, 6.07) is 6.37. The number of rotatable bonds is 9. The number of hydrogen-bond donors (Lipinski definition) is 0. The Bertz CT molecular complexity index is 920. The molecule has 0 fully saturated rings. The standard InChI is InChI=1S/C17H18N4O6/c1-11-18-17(20-26-11)12-5-6-16(15(8-12)21(22)23)25-7-3-4-14-9-13(10-24-2)19-27-14/h5-6,8-9H,3-4,7,10H2,1-2H3. The SMILES string of the molecule is COCc1cc(CCCOc2ccc(-c3noc(C)n3)cc2[N+](=O)[O-])on1. The number of nitro benzene ring substituents is 1. The summed E-state index contributed by atoms with van der Waals surface area (Å²) in [5.74, 6) is 1.57. The summed E-state index contributed by atoms with van der Waals surface area (Å²) >= 11 is 0. The fraction of sp³-hybridized carbons (Fsp3) is 0.353. The number of ether oxygens (including phenoxy) is 2. The average Bonchev–Trinajstić information content (AvgIpc) is 3.28. The van der Waals surface area contributed by atoms with E-state index < -0.39 is 4.92 Å². The number of hydrogen-bond acceptors (Lipinski definition) is 9. The lowest BCUT2D eigenvalue weighted by Gasteiger charge is -2.07. The first-order chi connectivity index (χ1) is 13.1. The maximum Gasteiger partial charge on any atom is 0.311 e. The van der Waals surface area contributed by atoms with Crippen LogP contribution in [0.5, 0.6) is 5.75 Å². The van der Waals surface area contributed by atoms with Crippen molar-refractivity contribution in [3.8, 4) is 17.1 Å². The van der Waals surface area contributed by atoms with E-state index >= 15 is 0 Å². The van der Waals surface area contributed by atoms with E-state index in [9.17, 15) is 10.1 Å². The molecule has 10 nitrogen and oxygen atoms in total. The molecule has 142 valence electrons. The van der Waals surface area contributed by atoms with Gasteiger partial charge in [-0.2, -0.15) is 4.98 Å². The summed E-state index contributed by atoms with van der Waals surface area (Å²) in [4.78, 5) is 14.9. The van der Waals surface area contributed by atoms with Crippen LogP contribution in [0.1, 0.15) is 23.8 Å². The van der Waals surface area contributed by atoms with E-state index in [0.717, 1.165) is 5.69 Å². The number of aromatic nitrogens is 3. The number of methoxy groups -OCH3 is 1. The third kappa shape index (κ3) is 4.67. The predicted molar refractivity (Wildman–Crippen MR) is 92.2 cm³/mol. The first kappa shape index (κ1) is 18.5. The van der Waals surface area contributed by atoms with Crippen LogP contribution in [0.25, 0.3) is 11.4 Å². The quantitative estimate of drug-likeness (QED) is 0.315. The third-order valence-corrected chi connectivity index (χ3v) is 3.67. The molecule has 10 heteroatoms. The average molecular weight is 374 g/mol. The number of aryl methyl sites for hydroxylation is 2. The number of nitrogens with zero attached hydrogens (tertiary/aromatic N) is 4. The van der Waals surface area contributed by atoms with Crippen LogP contribution in [-0.4, -0.2) is 33.9 Å². The van der Waals surface area contributed by atoms with Gasteiger partial charge in [0.05, 0.1) is 18.1 Å². The summed E-state index contributed by atoms with van der Waals surface area (Å²) < 4.78 is 20.6. The van der Waals surface area contributed by atoms with E-state index in [1.165, 1.54) is 12.1 Å². The molecule has 27 heavy (non-hydrogen) atoms. The van der Waals surface area contributed by atoms with Crippen molar-refractivity contribution in [3.05, 3.63) is 51.7 Å². The topological polar surface area (TPSA) is 127 Å². The van der Waals surface area contributed by atoms with Crippen LogP contribution in [0.2, 0.25) is 0 Å². The van der Waals surface area contributed by atoms with Crippen LogP contribution in [0.3, 0.4) is 0 Å². The van der Waals surface area contributed by atoms with E-state index in [0.29, 0.717) is 49.1 Å². The number of nitro groups is 1. The van der Waals surface area contributed by atoms with Gasteiger partial charge in [-0.1, -0.05) is 10.3 Å². The Morgan fingerprint density at radius 2 is 2.07 bits per heavy atom. The molecular weight excluding hydrogens is 356 g/mol. The molecule has 0 unspecified atom stereocenters. The summed E-state index contributed by atoms with van der Waals surface area (Å²) in [5.41, 5.74) is 1.05. The normalized spacial score (nSPS) is 10.9. The molecule has 0 amide bonds. The Morgan fingerprint density at radius 1 is 1.22 bits per heavy atom. The molecule has 0 spiro atoms. The molecule has 0 aliphatic heterocycles. The van der Waals surface area contributed by atoms with Crippen molar-refractivity contribution in [2.45, 2.75) is 26.4 Å². The molecule has 0 saturated heterocycles. The van der Waals surface area contributed by atoms with Crippen LogP contribution >= 0.6 is 0 Å². The smallest absolute Gasteiger partial charge is 0.311 e. The van der Waals surface area contributed by atoms with Gasteiger partial charge in [0.15, 0.2) is 5.75 Å². The van der Waals surface area contributed by atoms with E-state index in [4.69, 9.17) is 18.5 Å². The van der Waals surface area contributed by atoms with Gasteiger partial charge in [0, 0.05) is 38.2 Å². The Labute approximate surface area is 154 Å². The zero-order valence-electron chi connectivity index (χ0n) is 14.9. The minimum absolute atomic E-state index is 0.156. The Balaban J connectivity index is 1.61. The summed E-state index contributed by atoms with van der Waals surface area (Å²) in [6.45, 7) is 2.33.